The molecule has 0 aromatic heterocycles. The number of anilines is 1. The van der Waals surface area contributed by atoms with Crippen LogP contribution in [0.15, 0.2) is 11.2 Å². The van der Waals surface area contributed by atoms with Crippen LogP contribution in [0, 0.1) is 13.8 Å². The van der Waals surface area contributed by atoms with E-state index in [-0.39, 0.29) is 12.3 Å². The van der Waals surface area contributed by atoms with Gasteiger partial charge in [-0.15, -0.1) is 0 Å². The van der Waals surface area contributed by atoms with Gasteiger partial charge >= 0.3 is 16.6 Å². The minimum Gasteiger partial charge on any atom is -0.444 e. The summed E-state index contributed by atoms with van der Waals surface area (Å²) >= 11 is 0. The Labute approximate surface area is 175 Å². The quantitative estimate of drug-likeness (QED) is 0.295. The Bertz CT molecular complexity index is 962. The van der Waals surface area contributed by atoms with E-state index < -0.39 is 22.2 Å². The Morgan fingerprint density at radius 2 is 1.83 bits per heavy atom. The molecule has 1 heterocycles. The van der Waals surface area contributed by atoms with E-state index in [1.165, 1.54) is 6.07 Å². The third-order valence-electron chi connectivity index (χ3n) is 4.61. The summed E-state index contributed by atoms with van der Waals surface area (Å²) in [7, 11) is -5.23. The highest BCUT2D eigenvalue weighted by Gasteiger charge is 2.28. The number of hydrogen-bond acceptors (Lipinski definition) is 7. The predicted molar refractivity (Wildman–Crippen MR) is 109 cm³/mol. The molecule has 0 radical (unpaired) electrons. The maximum Gasteiger partial charge on any atom is 0.488 e. The Balaban J connectivity index is 2.33. The van der Waals surface area contributed by atoms with Gasteiger partial charge in [-0.25, -0.2) is 4.79 Å². The molecule has 1 saturated heterocycles. The highest BCUT2D eigenvalue weighted by Crippen LogP contribution is 2.36. The van der Waals surface area contributed by atoms with Crippen LogP contribution in [0.1, 0.15) is 37.5 Å². The number of halogens is 1. The number of benzene rings is 1. The normalized spacial score (nSPS) is 14.9. The number of amides is 1. The van der Waals surface area contributed by atoms with Gasteiger partial charge in [-0.1, -0.05) is 9.00 Å². The number of carbonyl (C=O) groups is 1. The molecule has 2 rings (SSSR count). The molecule has 1 aliphatic rings. The lowest BCUT2D eigenvalue weighted by Gasteiger charge is -2.38. The van der Waals surface area contributed by atoms with Crippen LogP contribution in [0.5, 0.6) is 5.75 Å². The minimum absolute atomic E-state index is 0.0455. The molecule has 1 amide bonds. The first-order valence-corrected chi connectivity index (χ1v) is 10.6. The van der Waals surface area contributed by atoms with E-state index in [0.717, 1.165) is 5.56 Å². The van der Waals surface area contributed by atoms with Crippen molar-refractivity contribution in [1.82, 2.24) is 4.90 Å². The fraction of sp³-hybridized carbons (Fsp3) is 0.611. The van der Waals surface area contributed by atoms with Crippen LogP contribution in [-0.2, 0) is 21.8 Å². The second-order valence-electron chi connectivity index (χ2n) is 7.95. The lowest BCUT2D eigenvalue weighted by molar-refractivity contribution is 0.0240. The highest BCUT2D eigenvalue weighted by molar-refractivity contribution is 7.81. The van der Waals surface area contributed by atoms with Gasteiger partial charge in [-0.05, 0) is 57.3 Å². The SMILES string of the molecule is Cc1c(CN=[N+]=[N-])cc(OS(=O)(=O)F)c(C)c1N1CCN(C(=O)OC(C)(C)C)CC1. The molecule has 10 nitrogen and oxygen atoms in total. The first-order valence-electron chi connectivity index (χ1n) is 9.33. The van der Waals surface area contributed by atoms with Crippen LogP contribution < -0.4 is 9.08 Å². The Morgan fingerprint density at radius 3 is 2.33 bits per heavy atom. The Kier molecular flexibility index (Phi) is 7.04. The van der Waals surface area contributed by atoms with Crippen LogP contribution in [-0.4, -0.2) is 51.2 Å². The molecule has 0 saturated carbocycles. The van der Waals surface area contributed by atoms with E-state index in [9.17, 15) is 17.1 Å². The van der Waals surface area contributed by atoms with Gasteiger partial charge < -0.3 is 18.7 Å². The zero-order valence-electron chi connectivity index (χ0n) is 17.7. The van der Waals surface area contributed by atoms with Crippen molar-refractivity contribution in [2.45, 2.75) is 46.8 Å². The van der Waals surface area contributed by atoms with E-state index in [1.807, 2.05) is 4.90 Å². The zero-order valence-corrected chi connectivity index (χ0v) is 18.5. The molecule has 1 aliphatic heterocycles. The molecule has 0 aliphatic carbocycles. The fourth-order valence-electron chi connectivity index (χ4n) is 3.30. The molecule has 0 atom stereocenters. The van der Waals surface area contributed by atoms with Crippen molar-refractivity contribution < 1.29 is 26.0 Å². The number of nitrogens with zero attached hydrogens (tertiary/aromatic N) is 5. The molecule has 12 heteroatoms. The second kappa shape index (κ2) is 8.97. The minimum atomic E-state index is -5.23. The summed E-state index contributed by atoms with van der Waals surface area (Å²) in [4.78, 5) is 18.6. The molecular formula is C18H26FN5O5S. The van der Waals surface area contributed by atoms with Crippen LogP contribution >= 0.6 is 0 Å². The van der Waals surface area contributed by atoms with Crippen molar-refractivity contribution >= 4 is 22.3 Å². The third kappa shape index (κ3) is 6.14. The van der Waals surface area contributed by atoms with Gasteiger partial charge in [0.2, 0.25) is 0 Å². The van der Waals surface area contributed by atoms with E-state index in [2.05, 4.69) is 14.2 Å². The maximum atomic E-state index is 13.2. The number of hydrogen-bond donors (Lipinski definition) is 0. The van der Waals surface area contributed by atoms with Gasteiger partial charge in [-0.3, -0.25) is 0 Å². The number of ether oxygens (including phenoxy) is 1. The molecule has 0 N–H and O–H groups in total. The zero-order chi connectivity index (χ0) is 22.7. The molecule has 0 spiro atoms. The van der Waals surface area contributed by atoms with Crippen LogP contribution in [0.3, 0.4) is 0 Å². The van der Waals surface area contributed by atoms with Gasteiger partial charge in [0, 0.05) is 42.3 Å². The molecule has 1 aromatic rings. The van der Waals surface area contributed by atoms with E-state index in [1.54, 1.807) is 39.5 Å². The predicted octanol–water partition coefficient (Wildman–Crippen LogP) is 3.76. The first kappa shape index (κ1) is 23.6. The number of piperazine rings is 1. The summed E-state index contributed by atoms with van der Waals surface area (Å²) in [5.74, 6) is -0.171. The summed E-state index contributed by atoms with van der Waals surface area (Å²) in [6, 6.07) is 1.36. The largest absolute Gasteiger partial charge is 0.488 e. The molecule has 30 heavy (non-hydrogen) atoms. The lowest BCUT2D eigenvalue weighted by Crippen LogP contribution is -2.50. The van der Waals surface area contributed by atoms with E-state index in [0.29, 0.717) is 43.0 Å². The maximum absolute atomic E-state index is 13.2. The number of azide groups is 1. The Hall–Kier alpha value is -2.72. The molecular weight excluding hydrogens is 417 g/mol. The highest BCUT2D eigenvalue weighted by atomic mass is 32.3. The van der Waals surface area contributed by atoms with Crippen molar-refractivity contribution in [2.24, 2.45) is 5.11 Å². The van der Waals surface area contributed by atoms with Gasteiger partial charge in [0.15, 0.2) is 5.75 Å². The van der Waals surface area contributed by atoms with E-state index >= 15 is 0 Å². The Morgan fingerprint density at radius 1 is 1.23 bits per heavy atom. The van der Waals surface area contributed by atoms with Crippen LogP contribution in [0.2, 0.25) is 0 Å². The average Bonchev–Trinajstić information content (AvgIpc) is 2.61. The van der Waals surface area contributed by atoms with Gasteiger partial charge in [0.1, 0.15) is 5.60 Å². The van der Waals surface area contributed by atoms with Crippen molar-refractivity contribution in [2.75, 3.05) is 31.1 Å². The van der Waals surface area contributed by atoms with Crippen molar-refractivity contribution in [3.05, 3.63) is 33.2 Å². The van der Waals surface area contributed by atoms with Crippen molar-refractivity contribution in [3.8, 4) is 5.75 Å². The fourth-order valence-corrected chi connectivity index (χ4v) is 3.69. The van der Waals surface area contributed by atoms with Crippen molar-refractivity contribution in [3.63, 3.8) is 0 Å². The van der Waals surface area contributed by atoms with Gasteiger partial charge in [0.25, 0.3) is 0 Å². The third-order valence-corrected chi connectivity index (χ3v) is 4.99. The van der Waals surface area contributed by atoms with Gasteiger partial charge in [0.05, 0.1) is 6.54 Å². The molecule has 1 fully saturated rings. The monoisotopic (exact) mass is 443 g/mol. The molecule has 0 unspecified atom stereocenters. The standard InChI is InChI=1S/C18H26FN5O5S/c1-12-14(11-21-22-20)10-15(29-30(19,26)27)13(2)16(12)23-6-8-24(9-7-23)17(25)28-18(3,4)5/h10H,6-9,11H2,1-5H3. The summed E-state index contributed by atoms with van der Waals surface area (Å²) in [5.41, 5.74) is 10.4. The molecule has 1 aromatic carbocycles. The van der Waals surface area contributed by atoms with Crippen LogP contribution in [0.25, 0.3) is 10.4 Å². The summed E-state index contributed by atoms with van der Waals surface area (Å²) in [6.07, 6.45) is -0.403. The molecule has 166 valence electrons. The number of rotatable bonds is 5. The summed E-state index contributed by atoms with van der Waals surface area (Å²) in [5, 5.41) is 3.52. The lowest BCUT2D eigenvalue weighted by atomic mass is 9.99. The first-order chi connectivity index (χ1) is 13.8. The van der Waals surface area contributed by atoms with Gasteiger partial charge in [-0.2, -0.15) is 8.42 Å². The average molecular weight is 444 g/mol. The van der Waals surface area contributed by atoms with Crippen molar-refractivity contribution in [1.29, 1.82) is 0 Å². The number of carbonyl (C=O) groups excluding carboxylic acids is 1. The smallest absolute Gasteiger partial charge is 0.444 e. The van der Waals surface area contributed by atoms with Crippen LogP contribution in [0.4, 0.5) is 14.4 Å². The van der Waals surface area contributed by atoms with E-state index in [4.69, 9.17) is 10.3 Å². The topological polar surface area (TPSA) is 125 Å². The summed E-state index contributed by atoms with van der Waals surface area (Å²) in [6.45, 7) is 10.5. The molecule has 0 bridgehead atoms. The second-order valence-corrected chi connectivity index (χ2v) is 8.91. The summed E-state index contributed by atoms with van der Waals surface area (Å²) < 4.78 is 45.2.